The SMILES string of the molecule is CCC(CC)(CO)CNc1ccc(F)c(N)c1C(=O)O. The minimum atomic E-state index is -1.29. The van der Waals surface area contributed by atoms with Crippen LogP contribution in [-0.4, -0.2) is 29.3 Å². The van der Waals surface area contributed by atoms with Crippen molar-refractivity contribution in [3.05, 3.63) is 23.5 Å². The molecule has 1 rings (SSSR count). The molecule has 0 aliphatic carbocycles. The van der Waals surface area contributed by atoms with Gasteiger partial charge in [0.25, 0.3) is 0 Å². The summed E-state index contributed by atoms with van der Waals surface area (Å²) in [6, 6.07) is 2.48. The molecule has 0 saturated heterocycles. The zero-order valence-corrected chi connectivity index (χ0v) is 11.7. The highest BCUT2D eigenvalue weighted by Gasteiger charge is 2.26. The Labute approximate surface area is 117 Å². The lowest BCUT2D eigenvalue weighted by molar-refractivity contribution is 0.0698. The maximum absolute atomic E-state index is 13.3. The van der Waals surface area contributed by atoms with Crippen molar-refractivity contribution < 1.29 is 19.4 Å². The molecule has 0 heterocycles. The first-order valence-corrected chi connectivity index (χ1v) is 6.56. The minimum Gasteiger partial charge on any atom is -0.478 e. The highest BCUT2D eigenvalue weighted by Crippen LogP contribution is 2.29. The van der Waals surface area contributed by atoms with Gasteiger partial charge in [-0.1, -0.05) is 13.8 Å². The van der Waals surface area contributed by atoms with E-state index in [1.807, 2.05) is 13.8 Å². The van der Waals surface area contributed by atoms with E-state index in [2.05, 4.69) is 5.32 Å². The molecule has 0 saturated carbocycles. The second-order valence-electron chi connectivity index (χ2n) is 4.91. The summed E-state index contributed by atoms with van der Waals surface area (Å²) in [5.41, 5.74) is 4.74. The number of rotatable bonds is 7. The van der Waals surface area contributed by atoms with Gasteiger partial charge < -0.3 is 21.3 Å². The molecule has 20 heavy (non-hydrogen) atoms. The van der Waals surface area contributed by atoms with Crippen LogP contribution in [0.5, 0.6) is 0 Å². The number of benzene rings is 1. The second-order valence-corrected chi connectivity index (χ2v) is 4.91. The van der Waals surface area contributed by atoms with Gasteiger partial charge in [0.1, 0.15) is 11.4 Å². The molecule has 1 aromatic carbocycles. The van der Waals surface area contributed by atoms with Gasteiger partial charge in [-0.15, -0.1) is 0 Å². The van der Waals surface area contributed by atoms with Gasteiger partial charge in [-0.05, 0) is 25.0 Å². The number of carboxylic acid groups (broad SMARTS) is 1. The number of carbonyl (C=O) groups is 1. The van der Waals surface area contributed by atoms with Crippen LogP contribution in [0, 0.1) is 11.2 Å². The monoisotopic (exact) mass is 284 g/mol. The van der Waals surface area contributed by atoms with Gasteiger partial charge in [-0.2, -0.15) is 0 Å². The Bertz CT molecular complexity index is 479. The predicted octanol–water partition coefficient (Wildman–Crippen LogP) is 2.32. The number of nitrogens with one attached hydrogen (secondary N) is 1. The highest BCUT2D eigenvalue weighted by molar-refractivity contribution is 6.00. The molecule has 0 aliphatic heterocycles. The van der Waals surface area contributed by atoms with Gasteiger partial charge in [0.15, 0.2) is 0 Å². The van der Waals surface area contributed by atoms with Crippen molar-refractivity contribution in [2.75, 3.05) is 24.2 Å². The average Bonchev–Trinajstić information content (AvgIpc) is 2.44. The molecule has 0 fully saturated rings. The second kappa shape index (κ2) is 6.56. The maximum atomic E-state index is 13.3. The van der Waals surface area contributed by atoms with Crippen LogP contribution in [0.15, 0.2) is 12.1 Å². The standard InChI is InChI=1S/C14H21FN2O3/c1-3-14(4-2,8-18)7-17-10-6-5-9(15)12(16)11(10)13(19)20/h5-6,17-18H,3-4,7-8,16H2,1-2H3,(H,19,20). The third-order valence-corrected chi connectivity index (χ3v) is 3.90. The molecule has 0 amide bonds. The lowest BCUT2D eigenvalue weighted by atomic mass is 9.83. The molecule has 0 unspecified atom stereocenters. The molecule has 1 aromatic rings. The van der Waals surface area contributed by atoms with Gasteiger partial charge in [0, 0.05) is 12.0 Å². The van der Waals surface area contributed by atoms with Crippen LogP contribution in [-0.2, 0) is 0 Å². The first-order chi connectivity index (χ1) is 9.40. The van der Waals surface area contributed by atoms with Crippen molar-refractivity contribution in [3.8, 4) is 0 Å². The number of nitrogen functional groups attached to an aromatic ring is 1. The lowest BCUT2D eigenvalue weighted by Gasteiger charge is -2.30. The summed E-state index contributed by atoms with van der Waals surface area (Å²) in [5, 5.41) is 21.6. The van der Waals surface area contributed by atoms with Crippen molar-refractivity contribution in [2.24, 2.45) is 5.41 Å². The summed E-state index contributed by atoms with van der Waals surface area (Å²) in [5.74, 6) is -2.04. The zero-order valence-electron chi connectivity index (χ0n) is 11.7. The molecule has 6 heteroatoms. The van der Waals surface area contributed by atoms with Crippen LogP contribution in [0.25, 0.3) is 0 Å². The first-order valence-electron chi connectivity index (χ1n) is 6.56. The van der Waals surface area contributed by atoms with Crippen molar-refractivity contribution in [2.45, 2.75) is 26.7 Å². The molecule has 0 spiro atoms. The smallest absolute Gasteiger partial charge is 0.340 e. The number of nitrogens with two attached hydrogens (primary N) is 1. The molecule has 0 radical (unpaired) electrons. The molecule has 0 aromatic heterocycles. The summed E-state index contributed by atoms with van der Waals surface area (Å²) in [6.07, 6.45) is 1.48. The fraction of sp³-hybridized carbons (Fsp3) is 0.500. The van der Waals surface area contributed by atoms with Crippen LogP contribution < -0.4 is 11.1 Å². The number of anilines is 2. The van der Waals surface area contributed by atoms with Crippen LogP contribution in [0.3, 0.4) is 0 Å². The van der Waals surface area contributed by atoms with Crippen molar-refractivity contribution in [1.29, 1.82) is 0 Å². The van der Waals surface area contributed by atoms with Crippen LogP contribution in [0.1, 0.15) is 37.0 Å². The van der Waals surface area contributed by atoms with E-state index in [0.717, 1.165) is 18.9 Å². The van der Waals surface area contributed by atoms with Gasteiger partial charge >= 0.3 is 5.97 Å². The lowest BCUT2D eigenvalue weighted by Crippen LogP contribution is -2.32. The van der Waals surface area contributed by atoms with E-state index in [0.29, 0.717) is 6.54 Å². The quantitative estimate of drug-likeness (QED) is 0.576. The maximum Gasteiger partial charge on any atom is 0.340 e. The van der Waals surface area contributed by atoms with Gasteiger partial charge in [-0.3, -0.25) is 0 Å². The van der Waals surface area contributed by atoms with E-state index in [1.165, 1.54) is 6.07 Å². The highest BCUT2D eigenvalue weighted by atomic mass is 19.1. The third kappa shape index (κ3) is 3.19. The molecular weight excluding hydrogens is 263 g/mol. The molecule has 0 bridgehead atoms. The Hall–Kier alpha value is -1.82. The van der Waals surface area contributed by atoms with E-state index < -0.39 is 11.8 Å². The van der Waals surface area contributed by atoms with Crippen molar-refractivity contribution in [3.63, 3.8) is 0 Å². The third-order valence-electron chi connectivity index (χ3n) is 3.90. The fourth-order valence-corrected chi connectivity index (χ4v) is 2.03. The summed E-state index contributed by atoms with van der Waals surface area (Å²) in [4.78, 5) is 11.2. The Morgan fingerprint density at radius 3 is 2.45 bits per heavy atom. The van der Waals surface area contributed by atoms with E-state index in [1.54, 1.807) is 0 Å². The number of hydrogen-bond donors (Lipinski definition) is 4. The number of halogens is 1. The topological polar surface area (TPSA) is 95.6 Å². The normalized spacial score (nSPS) is 11.4. The Morgan fingerprint density at radius 1 is 1.40 bits per heavy atom. The predicted molar refractivity (Wildman–Crippen MR) is 76.4 cm³/mol. The van der Waals surface area contributed by atoms with Crippen LogP contribution in [0.2, 0.25) is 0 Å². The molecule has 0 atom stereocenters. The van der Waals surface area contributed by atoms with E-state index in [9.17, 15) is 14.3 Å². The van der Waals surface area contributed by atoms with Gasteiger partial charge in [-0.25, -0.2) is 9.18 Å². The molecule has 112 valence electrons. The summed E-state index contributed by atoms with van der Waals surface area (Å²) < 4.78 is 13.3. The largest absolute Gasteiger partial charge is 0.478 e. The van der Waals surface area contributed by atoms with Crippen molar-refractivity contribution in [1.82, 2.24) is 0 Å². The average molecular weight is 284 g/mol. The summed E-state index contributed by atoms with van der Waals surface area (Å²) >= 11 is 0. The van der Waals surface area contributed by atoms with Crippen LogP contribution in [0.4, 0.5) is 15.8 Å². The van der Waals surface area contributed by atoms with E-state index in [4.69, 9.17) is 10.8 Å². The van der Waals surface area contributed by atoms with Crippen LogP contribution >= 0.6 is 0 Å². The van der Waals surface area contributed by atoms with E-state index in [-0.39, 0.29) is 29.0 Å². The minimum absolute atomic E-state index is 0.00786. The molecular formula is C14H21FN2O3. The molecule has 5 nitrogen and oxygen atoms in total. The number of aliphatic hydroxyl groups excluding tert-OH is 1. The Kier molecular flexibility index (Phi) is 5.33. The Morgan fingerprint density at radius 2 is 2.00 bits per heavy atom. The number of hydrogen-bond acceptors (Lipinski definition) is 4. The number of aromatic carboxylic acids is 1. The first kappa shape index (κ1) is 16.2. The number of carboxylic acids is 1. The fourth-order valence-electron chi connectivity index (χ4n) is 2.03. The number of aliphatic hydroxyl groups is 1. The van der Waals surface area contributed by atoms with Gasteiger partial charge in [0.2, 0.25) is 0 Å². The molecule has 0 aliphatic rings. The van der Waals surface area contributed by atoms with Gasteiger partial charge in [0.05, 0.1) is 18.0 Å². The zero-order chi connectivity index (χ0) is 15.3. The Balaban J connectivity index is 3.04. The summed E-state index contributed by atoms with van der Waals surface area (Å²) in [6.45, 7) is 4.30. The van der Waals surface area contributed by atoms with E-state index >= 15 is 0 Å². The van der Waals surface area contributed by atoms with Crippen molar-refractivity contribution >= 4 is 17.3 Å². The molecule has 5 N–H and O–H groups in total. The summed E-state index contributed by atoms with van der Waals surface area (Å²) in [7, 11) is 0.